The Kier molecular flexibility index (Phi) is 9.79. The van der Waals surface area contributed by atoms with Crippen molar-refractivity contribution < 1.29 is 14.6 Å². The van der Waals surface area contributed by atoms with E-state index in [9.17, 15) is 19.2 Å². The van der Waals surface area contributed by atoms with E-state index in [2.05, 4.69) is 22.1 Å². The number of nitrogens with two attached hydrogens (primary N) is 1. The van der Waals surface area contributed by atoms with Crippen molar-refractivity contribution in [3.63, 3.8) is 0 Å². The van der Waals surface area contributed by atoms with E-state index in [0.717, 1.165) is 24.0 Å². The molecule has 12 heteroatoms. The Labute approximate surface area is 241 Å². The van der Waals surface area contributed by atoms with Gasteiger partial charge >= 0.3 is 11.4 Å². The fourth-order valence-electron chi connectivity index (χ4n) is 5.03. The minimum Gasteiger partial charge on any atom is -0.393 e. The van der Waals surface area contributed by atoms with Crippen molar-refractivity contribution in [3.05, 3.63) is 102 Å². The number of nitrogen functional groups attached to an aromatic ring is 1. The van der Waals surface area contributed by atoms with Gasteiger partial charge in [-0.2, -0.15) is 4.98 Å². The fourth-order valence-corrected chi connectivity index (χ4v) is 5.96. The quantitative estimate of drug-likeness (QED) is 0.281. The lowest BCUT2D eigenvalue weighted by Gasteiger charge is -2.18. The minimum atomic E-state index is -0.508. The summed E-state index contributed by atoms with van der Waals surface area (Å²) in [5.74, 6) is 0.828. The number of anilines is 1. The summed E-state index contributed by atoms with van der Waals surface area (Å²) in [7, 11) is 0. The van der Waals surface area contributed by atoms with Gasteiger partial charge in [0.15, 0.2) is 0 Å². The molecule has 3 aromatic rings. The molecule has 2 atom stereocenters. The zero-order chi connectivity index (χ0) is 29.7. The van der Waals surface area contributed by atoms with E-state index >= 15 is 0 Å². The van der Waals surface area contributed by atoms with Crippen LogP contribution < -0.4 is 22.7 Å². The van der Waals surface area contributed by atoms with Crippen molar-refractivity contribution in [1.82, 2.24) is 19.1 Å². The summed E-state index contributed by atoms with van der Waals surface area (Å²) in [6, 6.07) is 7.15. The largest absolute Gasteiger partial charge is 0.393 e. The third-order valence-electron chi connectivity index (χ3n) is 6.94. The minimum absolute atomic E-state index is 0.0572. The van der Waals surface area contributed by atoms with Crippen molar-refractivity contribution in [3.8, 4) is 0 Å². The number of rotatable bonds is 7. The highest BCUT2D eigenvalue weighted by molar-refractivity contribution is 8.00. The van der Waals surface area contributed by atoms with Crippen molar-refractivity contribution in [2.45, 2.75) is 58.2 Å². The molecule has 1 fully saturated rings. The maximum Gasteiger partial charge on any atom is 0.351 e. The first kappa shape index (κ1) is 30.2. The fraction of sp³-hybridized carbons (Fsp3) is 0.414. The second kappa shape index (κ2) is 13.3. The number of nitrogens with one attached hydrogen (secondary N) is 1. The van der Waals surface area contributed by atoms with Crippen molar-refractivity contribution >= 4 is 23.4 Å². The van der Waals surface area contributed by atoms with Gasteiger partial charge in [0.25, 0.3) is 5.56 Å². The molecule has 0 spiro atoms. The number of thioether (sulfide) groups is 1. The molecular formula is C29H35N5O6S. The number of nitrogens with zero attached hydrogens (tertiary/aromatic N) is 3. The van der Waals surface area contributed by atoms with E-state index in [4.69, 9.17) is 15.6 Å². The standard InChI is InChI=1S/C21H24N2O3.C8H11N3O3S/c1-4-17-18(19(24)16-10-13(2)9-14(3)11-16)23(21(26)22-20(17)25)12-15-7-5-6-8-15;9-5-1-2-11(8(13)10-5)6-4-15-7(3-12)14-6/h5-6,9-11,15H,4,7-8,12H2,1-3H3,(H,22,25,26);1-2,6-7,12H,3-4H2,(H2,9,10,13)/t;6-,7+/m.0/s1. The first-order valence-corrected chi connectivity index (χ1v) is 14.5. The lowest BCUT2D eigenvalue weighted by atomic mass is 9.98. The Balaban J connectivity index is 0.000000218. The number of benzene rings is 1. The molecule has 0 radical (unpaired) electrons. The van der Waals surface area contributed by atoms with Crippen LogP contribution in [0, 0.1) is 19.8 Å². The topological polar surface area (TPSA) is 162 Å². The molecular weight excluding hydrogens is 546 g/mol. The molecule has 1 aliphatic carbocycles. The van der Waals surface area contributed by atoms with Crippen LogP contribution >= 0.6 is 11.8 Å². The second-order valence-corrected chi connectivity index (χ2v) is 11.3. The first-order chi connectivity index (χ1) is 19.6. The number of hydrogen-bond acceptors (Lipinski definition) is 9. The van der Waals surface area contributed by atoms with E-state index in [-0.39, 0.29) is 41.5 Å². The summed E-state index contributed by atoms with van der Waals surface area (Å²) in [5.41, 5.74) is 6.78. The number of carbonyl (C=O) groups is 1. The van der Waals surface area contributed by atoms with Crippen LogP contribution in [0.2, 0.25) is 0 Å². The molecule has 4 N–H and O–H groups in total. The number of allylic oxidation sites excluding steroid dienone is 2. The predicted octanol–water partition coefficient (Wildman–Crippen LogP) is 2.32. The molecule has 1 aliphatic heterocycles. The van der Waals surface area contributed by atoms with E-state index in [1.165, 1.54) is 20.9 Å². The van der Waals surface area contributed by atoms with Gasteiger partial charge in [-0.1, -0.05) is 36.3 Å². The lowest BCUT2D eigenvalue weighted by molar-refractivity contribution is -0.00629. The number of aromatic amines is 1. The van der Waals surface area contributed by atoms with Crippen LogP contribution in [0.4, 0.5) is 5.82 Å². The highest BCUT2D eigenvalue weighted by Gasteiger charge is 2.27. The van der Waals surface area contributed by atoms with Crippen LogP contribution in [0.3, 0.4) is 0 Å². The smallest absolute Gasteiger partial charge is 0.351 e. The van der Waals surface area contributed by atoms with Gasteiger partial charge in [0, 0.05) is 29.6 Å². The second-order valence-electron chi connectivity index (χ2n) is 10.1. The van der Waals surface area contributed by atoms with Crippen LogP contribution in [0.5, 0.6) is 0 Å². The number of aromatic nitrogens is 4. The molecule has 3 heterocycles. The number of ketones is 1. The van der Waals surface area contributed by atoms with Gasteiger partial charge in [0.2, 0.25) is 5.78 Å². The molecule has 0 bridgehead atoms. The molecule has 0 amide bonds. The molecule has 2 aromatic heterocycles. The number of ether oxygens (including phenoxy) is 1. The van der Waals surface area contributed by atoms with E-state index < -0.39 is 16.9 Å². The van der Waals surface area contributed by atoms with Crippen molar-refractivity contribution in [2.24, 2.45) is 5.92 Å². The van der Waals surface area contributed by atoms with Gasteiger partial charge in [0.05, 0.1) is 6.61 Å². The summed E-state index contributed by atoms with van der Waals surface area (Å²) in [5, 5.41) is 8.88. The lowest BCUT2D eigenvalue weighted by Crippen LogP contribution is -2.38. The monoisotopic (exact) mass is 581 g/mol. The number of H-pyrrole nitrogens is 1. The van der Waals surface area contributed by atoms with Crippen LogP contribution in [-0.2, 0) is 17.7 Å². The summed E-state index contributed by atoms with van der Waals surface area (Å²) in [6.07, 6.45) is 7.52. The van der Waals surface area contributed by atoms with E-state index in [0.29, 0.717) is 29.8 Å². The highest BCUT2D eigenvalue weighted by Crippen LogP contribution is 2.30. The number of aliphatic hydroxyl groups excluding tert-OH is 1. The van der Waals surface area contributed by atoms with Gasteiger partial charge < -0.3 is 15.6 Å². The van der Waals surface area contributed by atoms with Gasteiger partial charge in [-0.3, -0.25) is 23.7 Å². The number of hydrogen-bond donors (Lipinski definition) is 3. The van der Waals surface area contributed by atoms with Crippen LogP contribution in [0.25, 0.3) is 0 Å². The third kappa shape index (κ3) is 7.13. The summed E-state index contributed by atoms with van der Waals surface area (Å²) in [6.45, 7) is 6.06. The summed E-state index contributed by atoms with van der Waals surface area (Å²) in [4.78, 5) is 55.6. The zero-order valence-corrected chi connectivity index (χ0v) is 24.1. The molecule has 5 rings (SSSR count). The predicted molar refractivity (Wildman–Crippen MR) is 158 cm³/mol. The number of carbonyl (C=O) groups excluding carboxylic acids is 1. The summed E-state index contributed by atoms with van der Waals surface area (Å²) >= 11 is 1.47. The molecule has 1 aromatic carbocycles. The van der Waals surface area contributed by atoms with Gasteiger partial charge in [-0.05, 0) is 57.2 Å². The molecule has 2 aliphatic rings. The van der Waals surface area contributed by atoms with Gasteiger partial charge in [-0.25, -0.2) is 9.59 Å². The average molecular weight is 582 g/mol. The number of aliphatic hydroxyl groups is 1. The zero-order valence-electron chi connectivity index (χ0n) is 23.3. The molecule has 1 saturated heterocycles. The van der Waals surface area contributed by atoms with Gasteiger partial charge in [0.1, 0.15) is 23.2 Å². The van der Waals surface area contributed by atoms with E-state index in [1.54, 1.807) is 12.3 Å². The Morgan fingerprint density at radius 3 is 2.44 bits per heavy atom. The molecule has 0 unspecified atom stereocenters. The molecule has 218 valence electrons. The van der Waals surface area contributed by atoms with Crippen molar-refractivity contribution in [2.75, 3.05) is 18.1 Å². The first-order valence-electron chi connectivity index (χ1n) is 13.5. The Morgan fingerprint density at radius 2 is 1.85 bits per heavy atom. The van der Waals surface area contributed by atoms with Crippen LogP contribution in [0.1, 0.15) is 58.7 Å². The highest BCUT2D eigenvalue weighted by atomic mass is 32.2. The molecule has 11 nitrogen and oxygen atoms in total. The maximum atomic E-state index is 13.3. The SMILES string of the molecule is CCc1c(C(=O)c2cc(C)cc(C)c2)n(CC2CC=CC2)c(=O)[nH]c1=O.Nc1ccn([C@@H]2CS[C@H](CO)O2)c(=O)n1. The summed E-state index contributed by atoms with van der Waals surface area (Å²) < 4.78 is 8.26. The maximum absolute atomic E-state index is 13.3. The Morgan fingerprint density at radius 1 is 1.17 bits per heavy atom. The number of aryl methyl sites for hydroxylation is 2. The molecule has 0 saturated carbocycles. The van der Waals surface area contributed by atoms with E-state index in [1.807, 2.05) is 39.0 Å². The van der Waals surface area contributed by atoms with Gasteiger partial charge in [-0.15, -0.1) is 11.8 Å². The van der Waals surface area contributed by atoms with Crippen molar-refractivity contribution in [1.29, 1.82) is 0 Å². The van der Waals surface area contributed by atoms with Crippen LogP contribution in [0.15, 0.2) is 57.0 Å². The Hall–Kier alpha value is -3.74. The third-order valence-corrected chi connectivity index (χ3v) is 8.05. The average Bonchev–Trinajstić information content (AvgIpc) is 3.62. The normalized spacial score (nSPS) is 18.3. The Bertz CT molecular complexity index is 1600. The van der Waals surface area contributed by atoms with Crippen LogP contribution in [-0.4, -0.2) is 47.8 Å². The molecule has 41 heavy (non-hydrogen) atoms.